The van der Waals surface area contributed by atoms with Crippen LogP contribution >= 0.6 is 0 Å². The van der Waals surface area contributed by atoms with Crippen LogP contribution in [0.25, 0.3) is 0 Å². The van der Waals surface area contributed by atoms with Gasteiger partial charge in [0.05, 0.1) is 0 Å². The first kappa shape index (κ1) is 14.5. The van der Waals surface area contributed by atoms with E-state index >= 15 is 0 Å². The molecule has 5 fully saturated rings. The fraction of sp³-hybridized carbons (Fsp3) is 0.714. The fourth-order valence-corrected chi connectivity index (χ4v) is 6.67. The minimum atomic E-state index is 0.619. The first-order valence-corrected chi connectivity index (χ1v) is 9.80. The Kier molecular flexibility index (Phi) is 3.52. The molecule has 1 saturated heterocycles. The maximum atomic E-state index is 2.93. The molecular weight excluding hydrogens is 280 g/mol. The number of hydrogen-bond donors (Lipinski definition) is 0. The molecular formula is C21H30N2. The van der Waals surface area contributed by atoms with E-state index in [0.717, 1.165) is 24.3 Å². The molecule has 5 aliphatic rings. The third kappa shape index (κ3) is 2.64. The molecule has 4 aliphatic carbocycles. The highest BCUT2D eigenvalue weighted by atomic mass is 15.3. The highest BCUT2D eigenvalue weighted by Gasteiger charge is 2.53. The Labute approximate surface area is 140 Å². The lowest BCUT2D eigenvalue weighted by molar-refractivity contribution is -0.101. The minimum Gasteiger partial charge on any atom is -0.297 e. The molecule has 0 amide bonds. The molecule has 1 aromatic carbocycles. The maximum Gasteiger partial charge on any atom is 0.0234 e. The van der Waals surface area contributed by atoms with E-state index in [0.29, 0.717) is 5.54 Å². The normalized spacial score (nSPS) is 40.6. The van der Waals surface area contributed by atoms with Gasteiger partial charge in [-0.1, -0.05) is 30.3 Å². The van der Waals surface area contributed by atoms with Gasteiger partial charge in [-0.15, -0.1) is 0 Å². The van der Waals surface area contributed by atoms with Crippen LogP contribution in [0.15, 0.2) is 30.3 Å². The van der Waals surface area contributed by atoms with Crippen LogP contribution in [0.5, 0.6) is 0 Å². The van der Waals surface area contributed by atoms with Crippen molar-refractivity contribution in [2.75, 3.05) is 26.2 Å². The van der Waals surface area contributed by atoms with Crippen molar-refractivity contribution >= 4 is 0 Å². The molecule has 124 valence electrons. The molecule has 0 radical (unpaired) electrons. The number of rotatable bonds is 3. The number of benzene rings is 1. The summed E-state index contributed by atoms with van der Waals surface area (Å²) in [4.78, 5) is 5.59. The quantitative estimate of drug-likeness (QED) is 0.838. The van der Waals surface area contributed by atoms with E-state index in [1.807, 2.05) is 0 Å². The molecule has 0 atom stereocenters. The Morgan fingerprint density at radius 2 is 1.35 bits per heavy atom. The van der Waals surface area contributed by atoms with Crippen LogP contribution in [0.4, 0.5) is 0 Å². The van der Waals surface area contributed by atoms with Gasteiger partial charge in [0.1, 0.15) is 0 Å². The Balaban J connectivity index is 1.23. The Morgan fingerprint density at radius 3 is 1.91 bits per heavy atom. The summed E-state index contributed by atoms with van der Waals surface area (Å²) in [6, 6.07) is 11.0. The van der Waals surface area contributed by atoms with Crippen LogP contribution in [0.2, 0.25) is 0 Å². The maximum absolute atomic E-state index is 2.93. The van der Waals surface area contributed by atoms with E-state index in [1.165, 1.54) is 51.0 Å². The number of nitrogens with zero attached hydrogens (tertiary/aromatic N) is 2. The molecule has 2 heteroatoms. The van der Waals surface area contributed by atoms with Crippen LogP contribution in [0, 0.1) is 17.8 Å². The summed E-state index contributed by atoms with van der Waals surface area (Å²) in [6.07, 6.45) is 9.26. The molecule has 6 rings (SSSR count). The second kappa shape index (κ2) is 5.60. The lowest BCUT2D eigenvalue weighted by Gasteiger charge is -2.61. The SMILES string of the molecule is c1ccc(CN2CCN(C34CC5CC(CC(C5)C3)C4)CC2)cc1. The molecule has 1 aromatic rings. The van der Waals surface area contributed by atoms with E-state index in [4.69, 9.17) is 0 Å². The number of piperazine rings is 1. The second-order valence-electron chi connectivity index (χ2n) is 8.89. The zero-order valence-corrected chi connectivity index (χ0v) is 14.3. The van der Waals surface area contributed by atoms with E-state index in [1.54, 1.807) is 19.3 Å². The predicted molar refractivity (Wildman–Crippen MR) is 94.2 cm³/mol. The third-order valence-corrected chi connectivity index (χ3v) is 7.30. The molecule has 0 aromatic heterocycles. The van der Waals surface area contributed by atoms with Gasteiger partial charge >= 0.3 is 0 Å². The average molecular weight is 310 g/mol. The lowest BCUT2D eigenvalue weighted by atomic mass is 9.52. The summed E-state index contributed by atoms with van der Waals surface area (Å²) in [5, 5.41) is 0. The van der Waals surface area contributed by atoms with Gasteiger partial charge in [-0.2, -0.15) is 0 Å². The Bertz CT molecular complexity index is 509. The van der Waals surface area contributed by atoms with Crippen LogP contribution in [-0.2, 0) is 6.54 Å². The van der Waals surface area contributed by atoms with Crippen LogP contribution in [0.1, 0.15) is 44.1 Å². The summed E-state index contributed by atoms with van der Waals surface area (Å²) in [6.45, 7) is 6.26. The molecule has 4 bridgehead atoms. The van der Waals surface area contributed by atoms with Crippen molar-refractivity contribution in [2.45, 2.75) is 50.6 Å². The average Bonchev–Trinajstić information content (AvgIpc) is 2.55. The third-order valence-electron chi connectivity index (χ3n) is 7.30. The van der Waals surface area contributed by atoms with Gasteiger partial charge in [-0.05, 0) is 61.8 Å². The molecule has 23 heavy (non-hydrogen) atoms. The molecule has 0 unspecified atom stereocenters. The van der Waals surface area contributed by atoms with Crippen molar-refractivity contribution in [1.29, 1.82) is 0 Å². The van der Waals surface area contributed by atoms with E-state index in [2.05, 4.69) is 40.1 Å². The zero-order chi connectivity index (χ0) is 15.3. The highest BCUT2D eigenvalue weighted by Crippen LogP contribution is 2.57. The van der Waals surface area contributed by atoms with Crippen LogP contribution < -0.4 is 0 Å². The lowest BCUT2D eigenvalue weighted by Crippen LogP contribution is -2.63. The largest absolute Gasteiger partial charge is 0.297 e. The van der Waals surface area contributed by atoms with Crippen LogP contribution in [0.3, 0.4) is 0 Å². The second-order valence-corrected chi connectivity index (χ2v) is 8.89. The Hall–Kier alpha value is -0.860. The van der Waals surface area contributed by atoms with Crippen molar-refractivity contribution in [3.05, 3.63) is 35.9 Å². The molecule has 2 nitrogen and oxygen atoms in total. The van der Waals surface area contributed by atoms with E-state index in [9.17, 15) is 0 Å². The van der Waals surface area contributed by atoms with Gasteiger partial charge in [0.2, 0.25) is 0 Å². The van der Waals surface area contributed by atoms with Gasteiger partial charge in [0.25, 0.3) is 0 Å². The molecule has 4 saturated carbocycles. The topological polar surface area (TPSA) is 6.48 Å². The van der Waals surface area contributed by atoms with Gasteiger partial charge in [0.15, 0.2) is 0 Å². The van der Waals surface area contributed by atoms with Gasteiger partial charge < -0.3 is 0 Å². The van der Waals surface area contributed by atoms with Gasteiger partial charge in [0, 0.05) is 38.3 Å². The predicted octanol–water partition coefficient (Wildman–Crippen LogP) is 3.77. The van der Waals surface area contributed by atoms with Crippen molar-refractivity contribution < 1.29 is 0 Å². The molecule has 1 heterocycles. The van der Waals surface area contributed by atoms with Crippen LogP contribution in [-0.4, -0.2) is 41.5 Å². The van der Waals surface area contributed by atoms with Crippen molar-refractivity contribution in [2.24, 2.45) is 17.8 Å². The summed E-state index contributed by atoms with van der Waals surface area (Å²) in [7, 11) is 0. The Morgan fingerprint density at radius 1 is 0.783 bits per heavy atom. The minimum absolute atomic E-state index is 0.619. The number of hydrogen-bond acceptors (Lipinski definition) is 2. The van der Waals surface area contributed by atoms with Gasteiger partial charge in [-0.25, -0.2) is 0 Å². The van der Waals surface area contributed by atoms with Crippen molar-refractivity contribution in [3.8, 4) is 0 Å². The summed E-state index contributed by atoms with van der Waals surface area (Å²) in [5.74, 6) is 3.22. The van der Waals surface area contributed by atoms with Gasteiger partial charge in [-0.3, -0.25) is 9.80 Å². The monoisotopic (exact) mass is 310 g/mol. The summed E-state index contributed by atoms with van der Waals surface area (Å²) < 4.78 is 0. The standard InChI is InChI=1S/C21H30N2/c1-2-4-17(5-3-1)16-22-6-8-23(9-7-22)21-13-18-10-19(14-21)12-20(11-18)15-21/h1-5,18-20H,6-16H2. The summed E-state index contributed by atoms with van der Waals surface area (Å²) in [5.41, 5.74) is 2.09. The van der Waals surface area contributed by atoms with E-state index in [-0.39, 0.29) is 0 Å². The molecule has 1 aliphatic heterocycles. The first-order chi connectivity index (χ1) is 11.3. The fourth-order valence-electron chi connectivity index (χ4n) is 6.67. The highest BCUT2D eigenvalue weighted by molar-refractivity contribution is 5.15. The smallest absolute Gasteiger partial charge is 0.0234 e. The zero-order valence-electron chi connectivity index (χ0n) is 14.3. The molecule has 0 N–H and O–H groups in total. The van der Waals surface area contributed by atoms with Crippen molar-refractivity contribution in [3.63, 3.8) is 0 Å². The van der Waals surface area contributed by atoms with Crippen molar-refractivity contribution in [1.82, 2.24) is 9.80 Å². The van der Waals surface area contributed by atoms with E-state index < -0.39 is 0 Å². The summed E-state index contributed by atoms with van der Waals surface area (Å²) >= 11 is 0. The molecule has 0 spiro atoms. The first-order valence-electron chi connectivity index (χ1n) is 9.80.